The van der Waals surface area contributed by atoms with E-state index in [1.807, 2.05) is 71.6 Å². The molecule has 0 radical (unpaired) electrons. The van der Waals surface area contributed by atoms with Crippen molar-refractivity contribution in [3.8, 4) is 11.5 Å². The van der Waals surface area contributed by atoms with Gasteiger partial charge in [0, 0.05) is 19.4 Å². The summed E-state index contributed by atoms with van der Waals surface area (Å²) in [6.07, 6.45) is 9.21. The number of likely N-dealkylation sites (tertiary alicyclic amines) is 1. The Morgan fingerprint density at radius 1 is 0.702 bits per heavy atom. The molecule has 0 unspecified atom stereocenters. The Balaban J connectivity index is 1.48. The van der Waals surface area contributed by atoms with E-state index in [2.05, 4.69) is 12.1 Å². The number of benzene rings is 3. The molecule has 1 heterocycles. The van der Waals surface area contributed by atoms with Crippen molar-refractivity contribution in [2.45, 2.75) is 94.8 Å². The van der Waals surface area contributed by atoms with Crippen LogP contribution in [0.1, 0.15) is 93.7 Å². The molecule has 3 aromatic rings. The molecular formula is C39H51NO7. The van der Waals surface area contributed by atoms with E-state index >= 15 is 0 Å². The van der Waals surface area contributed by atoms with Crippen LogP contribution in [-0.2, 0) is 19.9 Å². The highest BCUT2D eigenvalue weighted by Crippen LogP contribution is 2.42. The van der Waals surface area contributed by atoms with E-state index in [-0.39, 0.29) is 18.4 Å². The third-order valence-electron chi connectivity index (χ3n) is 9.20. The van der Waals surface area contributed by atoms with E-state index in [9.17, 15) is 14.7 Å². The van der Waals surface area contributed by atoms with Crippen molar-refractivity contribution in [2.75, 3.05) is 27.4 Å². The molecule has 1 aliphatic heterocycles. The molecule has 2 atom stereocenters. The highest BCUT2D eigenvalue weighted by atomic mass is 16.5. The fourth-order valence-electron chi connectivity index (χ4n) is 6.54. The summed E-state index contributed by atoms with van der Waals surface area (Å²) in [5.74, 6) is 0.832. The fourth-order valence-corrected chi connectivity index (χ4v) is 6.54. The fraction of sp³-hybridized carbons (Fsp3) is 0.487. The molecule has 8 heteroatoms. The number of rotatable bonds is 19. The zero-order valence-corrected chi connectivity index (χ0v) is 27.9. The van der Waals surface area contributed by atoms with E-state index in [0.717, 1.165) is 79.6 Å². The summed E-state index contributed by atoms with van der Waals surface area (Å²) in [6, 6.07) is 25.8. The van der Waals surface area contributed by atoms with Crippen LogP contribution < -0.4 is 9.47 Å². The number of aliphatic hydroxyl groups is 1. The van der Waals surface area contributed by atoms with Gasteiger partial charge in [-0.15, -0.1) is 0 Å². The molecule has 1 amide bonds. The number of amides is 1. The summed E-state index contributed by atoms with van der Waals surface area (Å²) in [6.45, 7) is 0.611. The summed E-state index contributed by atoms with van der Waals surface area (Å²) < 4.78 is 18.0. The number of aliphatic carboxylic acids is 1. The smallest absolute Gasteiger partial charge is 0.303 e. The predicted molar refractivity (Wildman–Crippen MR) is 183 cm³/mol. The lowest BCUT2D eigenvalue weighted by Gasteiger charge is -2.42. The van der Waals surface area contributed by atoms with Gasteiger partial charge >= 0.3 is 5.97 Å². The minimum absolute atomic E-state index is 0.0604. The number of nitrogens with zero attached hydrogens (tertiary/aromatic N) is 1. The largest absolute Gasteiger partial charge is 0.497 e. The first-order valence-electron chi connectivity index (χ1n) is 17.0. The molecule has 3 aromatic carbocycles. The van der Waals surface area contributed by atoms with Gasteiger partial charge in [-0.25, -0.2) is 0 Å². The summed E-state index contributed by atoms with van der Waals surface area (Å²) >= 11 is 0. The number of hydrogen-bond donors (Lipinski definition) is 2. The number of aliphatic hydroxyl groups excluding tert-OH is 1. The Hall–Kier alpha value is -3.88. The van der Waals surface area contributed by atoms with E-state index in [1.165, 1.54) is 0 Å². The number of methoxy groups -OCH3 is 2. The van der Waals surface area contributed by atoms with Crippen LogP contribution in [0.15, 0.2) is 78.9 Å². The average molecular weight is 646 g/mol. The van der Waals surface area contributed by atoms with Crippen molar-refractivity contribution in [1.29, 1.82) is 0 Å². The molecule has 0 saturated carbocycles. The number of ether oxygens (including phenoxy) is 3. The van der Waals surface area contributed by atoms with Crippen LogP contribution in [0, 0.1) is 0 Å². The Kier molecular flexibility index (Phi) is 14.1. The Bertz CT molecular complexity index is 1310. The van der Waals surface area contributed by atoms with Gasteiger partial charge in [0.05, 0.1) is 33.0 Å². The lowest BCUT2D eigenvalue weighted by molar-refractivity contribution is -0.141. The number of β-amino-alcohol motifs (C(OH)–C–C–N with tert-alkyl or cyclic N) is 1. The number of carbonyl (C=O) groups excluding carboxylic acids is 1. The van der Waals surface area contributed by atoms with Gasteiger partial charge in [-0.2, -0.15) is 0 Å². The molecule has 1 aliphatic rings. The average Bonchev–Trinajstić information content (AvgIpc) is 3.10. The molecule has 4 rings (SSSR count). The van der Waals surface area contributed by atoms with E-state index in [4.69, 9.17) is 19.3 Å². The Morgan fingerprint density at radius 2 is 1.19 bits per heavy atom. The van der Waals surface area contributed by atoms with Crippen molar-refractivity contribution in [3.05, 3.63) is 95.6 Å². The predicted octanol–water partition coefficient (Wildman–Crippen LogP) is 7.35. The topological polar surface area (TPSA) is 106 Å². The van der Waals surface area contributed by atoms with E-state index < -0.39 is 17.7 Å². The number of hydrogen-bond acceptors (Lipinski definition) is 6. The Labute approximate surface area is 279 Å². The second-order valence-electron chi connectivity index (χ2n) is 12.5. The monoisotopic (exact) mass is 645 g/mol. The molecule has 1 saturated heterocycles. The van der Waals surface area contributed by atoms with Crippen molar-refractivity contribution in [2.24, 2.45) is 0 Å². The third-order valence-corrected chi connectivity index (χ3v) is 9.20. The van der Waals surface area contributed by atoms with Gasteiger partial charge in [-0.3, -0.25) is 9.59 Å². The lowest BCUT2D eigenvalue weighted by atomic mass is 9.80. The zero-order valence-electron chi connectivity index (χ0n) is 27.9. The molecule has 0 aromatic heterocycles. The molecule has 0 bridgehead atoms. The summed E-state index contributed by atoms with van der Waals surface area (Å²) in [5, 5.41) is 19.3. The molecule has 47 heavy (non-hydrogen) atoms. The van der Waals surface area contributed by atoms with Gasteiger partial charge in [-0.1, -0.05) is 93.1 Å². The maximum atomic E-state index is 13.6. The number of carbonyl (C=O) groups is 2. The van der Waals surface area contributed by atoms with Gasteiger partial charge in [0.15, 0.2) is 0 Å². The van der Waals surface area contributed by atoms with Crippen LogP contribution in [0.3, 0.4) is 0 Å². The Morgan fingerprint density at radius 3 is 1.70 bits per heavy atom. The van der Waals surface area contributed by atoms with Crippen LogP contribution >= 0.6 is 0 Å². The van der Waals surface area contributed by atoms with Gasteiger partial charge in [-0.05, 0) is 66.6 Å². The second-order valence-corrected chi connectivity index (χ2v) is 12.5. The van der Waals surface area contributed by atoms with Crippen molar-refractivity contribution in [3.63, 3.8) is 0 Å². The zero-order chi connectivity index (χ0) is 33.5. The number of carboxylic acid groups (broad SMARTS) is 1. The number of unbranched alkanes of at least 4 members (excludes halogenated alkanes) is 7. The first kappa shape index (κ1) is 36.0. The molecule has 2 N–H and O–H groups in total. The van der Waals surface area contributed by atoms with E-state index in [1.54, 1.807) is 14.2 Å². The van der Waals surface area contributed by atoms with Crippen LogP contribution in [0.4, 0.5) is 0 Å². The minimum atomic E-state index is -0.974. The molecule has 0 aliphatic carbocycles. The minimum Gasteiger partial charge on any atom is -0.497 e. The van der Waals surface area contributed by atoms with Gasteiger partial charge < -0.3 is 29.3 Å². The van der Waals surface area contributed by atoms with Crippen LogP contribution in [0.2, 0.25) is 0 Å². The third kappa shape index (κ3) is 10.1. The van der Waals surface area contributed by atoms with Crippen molar-refractivity contribution in [1.82, 2.24) is 4.90 Å². The van der Waals surface area contributed by atoms with Crippen LogP contribution in [0.5, 0.6) is 11.5 Å². The number of piperidine rings is 1. The maximum absolute atomic E-state index is 13.6. The molecule has 1 fully saturated rings. The highest BCUT2D eigenvalue weighted by molar-refractivity contribution is 5.76. The summed E-state index contributed by atoms with van der Waals surface area (Å²) in [5.41, 5.74) is 1.86. The maximum Gasteiger partial charge on any atom is 0.303 e. The molecule has 254 valence electrons. The SMILES string of the molecule is COc1ccc(C(OC[C@H]2CC[C@@H](O)CN2C(=O)CCCCCCCCCCC(=O)O)(c2ccccc2)c2ccc(OC)cc2)cc1. The van der Waals surface area contributed by atoms with E-state index in [0.29, 0.717) is 32.4 Å². The number of carboxylic acids is 1. The highest BCUT2D eigenvalue weighted by Gasteiger charge is 2.40. The van der Waals surface area contributed by atoms with Crippen LogP contribution in [-0.4, -0.2) is 66.5 Å². The standard InChI is InChI=1S/C39H51NO7/c1-45-35-24-18-31(19-25-35)39(30-14-10-9-11-15-30,32-20-26-36(46-2)27-21-32)47-29-33-22-23-34(41)28-40(33)37(42)16-12-7-5-3-4-6-8-13-17-38(43)44/h9-11,14-15,18-21,24-27,33-34,41H,3-8,12-13,16-17,22-23,28-29H2,1-2H3,(H,43,44)/t33-,34-/m1/s1. The van der Waals surface area contributed by atoms with Gasteiger partial charge in [0.25, 0.3) is 0 Å². The summed E-state index contributed by atoms with van der Waals surface area (Å²) in [7, 11) is 3.30. The van der Waals surface area contributed by atoms with Gasteiger partial charge in [0.2, 0.25) is 5.91 Å². The normalized spacial score (nSPS) is 16.5. The lowest BCUT2D eigenvalue weighted by Crippen LogP contribution is -2.51. The van der Waals surface area contributed by atoms with Crippen molar-refractivity contribution < 1.29 is 34.0 Å². The quantitative estimate of drug-likeness (QED) is 0.104. The summed E-state index contributed by atoms with van der Waals surface area (Å²) in [4.78, 5) is 26.1. The molecule has 8 nitrogen and oxygen atoms in total. The van der Waals surface area contributed by atoms with Crippen LogP contribution in [0.25, 0.3) is 0 Å². The molecular weight excluding hydrogens is 594 g/mol. The molecule has 0 spiro atoms. The first-order chi connectivity index (χ1) is 22.9. The van der Waals surface area contributed by atoms with Crippen molar-refractivity contribution >= 4 is 11.9 Å². The second kappa shape index (κ2) is 18.5. The first-order valence-corrected chi connectivity index (χ1v) is 17.0. The van der Waals surface area contributed by atoms with Gasteiger partial charge in [0.1, 0.15) is 17.1 Å².